The Bertz CT molecular complexity index is 591. The van der Waals surface area contributed by atoms with E-state index in [0.29, 0.717) is 12.2 Å². The van der Waals surface area contributed by atoms with Gasteiger partial charge in [-0.05, 0) is 32.9 Å². The lowest BCUT2D eigenvalue weighted by Gasteiger charge is -2.20. The number of carbonyl (C=O) groups is 1. The minimum Gasteiger partial charge on any atom is -0.444 e. The first-order valence-electron chi connectivity index (χ1n) is 6.64. The molecule has 1 amide bonds. The van der Waals surface area contributed by atoms with Gasteiger partial charge in [0.25, 0.3) is 0 Å². The van der Waals surface area contributed by atoms with Crippen LogP contribution in [0, 0.1) is 0 Å². The summed E-state index contributed by atoms with van der Waals surface area (Å²) in [5.41, 5.74) is 3.75. The average molecular weight is 305 g/mol. The van der Waals surface area contributed by atoms with Gasteiger partial charge in [-0.1, -0.05) is 12.1 Å². The molecule has 2 aromatic rings. The highest BCUT2D eigenvalue weighted by molar-refractivity contribution is 7.07. The number of benzene rings is 1. The van der Waals surface area contributed by atoms with Gasteiger partial charge in [0.1, 0.15) is 5.60 Å². The Hall–Kier alpha value is -2.08. The first-order chi connectivity index (χ1) is 9.94. The Morgan fingerprint density at radius 1 is 1.29 bits per heavy atom. The lowest BCUT2D eigenvalue weighted by Crippen LogP contribution is -2.27. The summed E-state index contributed by atoms with van der Waals surface area (Å²) in [6, 6.07) is 7.50. The van der Waals surface area contributed by atoms with E-state index in [-0.39, 0.29) is 0 Å². The Labute approximate surface area is 128 Å². The molecule has 0 atom stereocenters. The highest BCUT2D eigenvalue weighted by Crippen LogP contribution is 2.22. The van der Waals surface area contributed by atoms with Crippen LogP contribution in [0.15, 0.2) is 35.2 Å². The Morgan fingerprint density at radius 3 is 2.62 bits per heavy atom. The van der Waals surface area contributed by atoms with Crippen molar-refractivity contribution in [3.63, 3.8) is 0 Å². The Balaban J connectivity index is 2.01. The molecule has 1 aromatic carbocycles. The van der Waals surface area contributed by atoms with Gasteiger partial charge in [-0.25, -0.2) is 9.78 Å². The molecule has 0 aliphatic heterocycles. The van der Waals surface area contributed by atoms with Crippen molar-refractivity contribution in [2.24, 2.45) is 0 Å². The number of hydrogen-bond donors (Lipinski definition) is 2. The third-order valence-electron chi connectivity index (χ3n) is 2.51. The van der Waals surface area contributed by atoms with Gasteiger partial charge in [0.05, 0.1) is 29.1 Å². The first kappa shape index (κ1) is 15.3. The van der Waals surface area contributed by atoms with Gasteiger partial charge in [-0.3, -0.25) is 5.32 Å². The molecule has 0 bridgehead atoms. The van der Waals surface area contributed by atoms with E-state index in [1.807, 2.05) is 50.4 Å². The van der Waals surface area contributed by atoms with Crippen molar-refractivity contribution in [3.05, 3.63) is 40.8 Å². The second kappa shape index (κ2) is 6.58. The van der Waals surface area contributed by atoms with E-state index in [1.165, 1.54) is 0 Å². The molecule has 1 heterocycles. The number of nitrogens with one attached hydrogen (secondary N) is 2. The molecule has 6 heteroatoms. The summed E-state index contributed by atoms with van der Waals surface area (Å²) < 4.78 is 5.26. The van der Waals surface area contributed by atoms with Crippen LogP contribution in [0.5, 0.6) is 0 Å². The number of anilines is 2. The van der Waals surface area contributed by atoms with Gasteiger partial charge in [0, 0.05) is 5.38 Å². The van der Waals surface area contributed by atoms with Crippen LogP contribution in [0.4, 0.5) is 16.2 Å². The van der Waals surface area contributed by atoms with E-state index >= 15 is 0 Å². The number of aromatic nitrogens is 1. The minimum atomic E-state index is -0.521. The molecule has 0 aliphatic rings. The van der Waals surface area contributed by atoms with Gasteiger partial charge in [-0.15, -0.1) is 11.3 Å². The summed E-state index contributed by atoms with van der Waals surface area (Å²) >= 11 is 1.56. The van der Waals surface area contributed by atoms with Crippen molar-refractivity contribution >= 4 is 28.8 Å². The normalized spacial score (nSPS) is 11.0. The van der Waals surface area contributed by atoms with Crippen molar-refractivity contribution in [2.45, 2.75) is 32.9 Å². The molecule has 2 rings (SSSR count). The van der Waals surface area contributed by atoms with Crippen LogP contribution in [0.1, 0.15) is 26.5 Å². The summed E-state index contributed by atoms with van der Waals surface area (Å²) in [5.74, 6) is 0. The number of thiazole rings is 1. The first-order valence-corrected chi connectivity index (χ1v) is 7.58. The molecule has 0 fully saturated rings. The number of rotatable bonds is 4. The highest BCUT2D eigenvalue weighted by Gasteiger charge is 2.17. The smallest absolute Gasteiger partial charge is 0.412 e. The second-order valence-corrected chi connectivity index (χ2v) is 6.22. The predicted octanol–water partition coefficient (Wildman–Crippen LogP) is 4.10. The van der Waals surface area contributed by atoms with Gasteiger partial charge in [0.15, 0.2) is 0 Å². The van der Waals surface area contributed by atoms with Gasteiger partial charge >= 0.3 is 6.09 Å². The summed E-state index contributed by atoms with van der Waals surface area (Å²) in [7, 11) is 0. The van der Waals surface area contributed by atoms with Crippen LogP contribution < -0.4 is 10.6 Å². The second-order valence-electron chi connectivity index (χ2n) is 5.51. The van der Waals surface area contributed by atoms with Crippen molar-refractivity contribution < 1.29 is 9.53 Å². The maximum Gasteiger partial charge on any atom is 0.412 e. The number of carbonyl (C=O) groups excluding carboxylic acids is 1. The number of para-hydroxylation sites is 2. The van der Waals surface area contributed by atoms with E-state index in [9.17, 15) is 4.79 Å². The zero-order chi connectivity index (χ0) is 15.3. The average Bonchev–Trinajstić information content (AvgIpc) is 2.88. The standard InChI is InChI=1S/C15H19N3O2S/c1-15(2,3)20-14(19)18-13-7-5-4-6-12(13)16-8-11-9-21-10-17-11/h4-7,9-10,16H,8H2,1-3H3,(H,18,19). The fourth-order valence-electron chi connectivity index (χ4n) is 1.67. The molecule has 1 aromatic heterocycles. The van der Waals surface area contributed by atoms with Crippen molar-refractivity contribution in [3.8, 4) is 0 Å². The zero-order valence-electron chi connectivity index (χ0n) is 12.3. The van der Waals surface area contributed by atoms with E-state index in [1.54, 1.807) is 16.8 Å². The molecule has 0 radical (unpaired) electrons. The molecule has 0 unspecified atom stereocenters. The van der Waals surface area contributed by atoms with Crippen LogP contribution in [0.25, 0.3) is 0 Å². The number of amides is 1. The van der Waals surface area contributed by atoms with Crippen LogP contribution in [0.2, 0.25) is 0 Å². The predicted molar refractivity (Wildman–Crippen MR) is 85.7 cm³/mol. The van der Waals surface area contributed by atoms with Crippen molar-refractivity contribution in [1.82, 2.24) is 4.98 Å². The monoisotopic (exact) mass is 305 g/mol. The molecule has 5 nitrogen and oxygen atoms in total. The largest absolute Gasteiger partial charge is 0.444 e. The fourth-order valence-corrected chi connectivity index (χ4v) is 2.23. The van der Waals surface area contributed by atoms with Gasteiger partial charge in [0.2, 0.25) is 0 Å². The van der Waals surface area contributed by atoms with Crippen LogP contribution >= 0.6 is 11.3 Å². The molecule has 0 aliphatic carbocycles. The summed E-state index contributed by atoms with van der Waals surface area (Å²) in [6.45, 7) is 6.10. The highest BCUT2D eigenvalue weighted by atomic mass is 32.1. The Morgan fingerprint density at radius 2 is 2.00 bits per heavy atom. The molecule has 0 saturated carbocycles. The molecule has 0 saturated heterocycles. The molecular formula is C15H19N3O2S. The van der Waals surface area contributed by atoms with Crippen LogP contribution in [0.3, 0.4) is 0 Å². The summed E-state index contributed by atoms with van der Waals surface area (Å²) in [6.07, 6.45) is -0.467. The zero-order valence-corrected chi connectivity index (χ0v) is 13.2. The Kier molecular flexibility index (Phi) is 4.80. The van der Waals surface area contributed by atoms with E-state index in [0.717, 1.165) is 11.4 Å². The van der Waals surface area contributed by atoms with E-state index in [2.05, 4.69) is 15.6 Å². The maximum atomic E-state index is 11.8. The van der Waals surface area contributed by atoms with E-state index < -0.39 is 11.7 Å². The van der Waals surface area contributed by atoms with Crippen molar-refractivity contribution in [1.29, 1.82) is 0 Å². The van der Waals surface area contributed by atoms with E-state index in [4.69, 9.17) is 4.74 Å². The number of ether oxygens (including phenoxy) is 1. The SMILES string of the molecule is CC(C)(C)OC(=O)Nc1ccccc1NCc1cscn1. The number of hydrogen-bond acceptors (Lipinski definition) is 5. The van der Waals surface area contributed by atoms with Gasteiger partial charge in [-0.2, -0.15) is 0 Å². The quantitative estimate of drug-likeness (QED) is 0.892. The molecular weight excluding hydrogens is 286 g/mol. The molecule has 2 N–H and O–H groups in total. The fraction of sp³-hybridized carbons (Fsp3) is 0.333. The van der Waals surface area contributed by atoms with Gasteiger partial charge < -0.3 is 10.1 Å². The molecule has 21 heavy (non-hydrogen) atoms. The van der Waals surface area contributed by atoms with Crippen LogP contribution in [-0.2, 0) is 11.3 Å². The lowest BCUT2D eigenvalue weighted by atomic mass is 10.2. The summed E-state index contributed by atoms with van der Waals surface area (Å²) in [5, 5.41) is 8.00. The van der Waals surface area contributed by atoms with Crippen molar-refractivity contribution in [2.75, 3.05) is 10.6 Å². The third-order valence-corrected chi connectivity index (χ3v) is 3.14. The number of nitrogens with zero attached hydrogens (tertiary/aromatic N) is 1. The molecule has 0 spiro atoms. The maximum absolute atomic E-state index is 11.8. The van der Waals surface area contributed by atoms with Crippen LogP contribution in [-0.4, -0.2) is 16.7 Å². The third kappa shape index (κ3) is 5.07. The molecule has 112 valence electrons. The lowest BCUT2D eigenvalue weighted by molar-refractivity contribution is 0.0636. The summed E-state index contributed by atoms with van der Waals surface area (Å²) in [4.78, 5) is 16.1. The topological polar surface area (TPSA) is 63.2 Å². The minimum absolute atomic E-state index is 0.467.